The number of methoxy groups -OCH3 is 1. The molecule has 0 aliphatic heterocycles. The van der Waals surface area contributed by atoms with Crippen LogP contribution in [0.25, 0.3) is 0 Å². The molecule has 2 rings (SSSR count). The Morgan fingerprint density at radius 3 is 2.35 bits per heavy atom. The third-order valence-corrected chi connectivity index (χ3v) is 6.29. The van der Waals surface area contributed by atoms with E-state index >= 15 is 0 Å². The first-order valence-electron chi connectivity index (χ1n) is 9.27. The number of esters is 1. The first-order chi connectivity index (χ1) is 14.4. The zero-order chi connectivity index (χ0) is 23.4. The summed E-state index contributed by atoms with van der Waals surface area (Å²) in [6.45, 7) is 5.54. The fraction of sp³-hybridized carbons (Fsp3) is 0.333. The van der Waals surface area contributed by atoms with Gasteiger partial charge in [-0.1, -0.05) is 38.4 Å². The minimum Gasteiger partial charge on any atom is -0.495 e. The van der Waals surface area contributed by atoms with Gasteiger partial charge in [-0.2, -0.15) is 0 Å². The number of rotatable bonds is 7. The maximum absolute atomic E-state index is 12.3. The number of halogens is 1. The first kappa shape index (κ1) is 24.6. The maximum atomic E-state index is 12.3. The predicted molar refractivity (Wildman–Crippen MR) is 118 cm³/mol. The Morgan fingerprint density at radius 1 is 1.10 bits per heavy atom. The summed E-state index contributed by atoms with van der Waals surface area (Å²) in [4.78, 5) is 24.4. The highest BCUT2D eigenvalue weighted by Gasteiger charge is 2.20. The fourth-order valence-corrected chi connectivity index (χ4v) is 3.87. The highest BCUT2D eigenvalue weighted by Crippen LogP contribution is 2.31. The maximum Gasteiger partial charge on any atom is 0.338 e. The third kappa shape index (κ3) is 6.19. The Morgan fingerprint density at radius 2 is 1.77 bits per heavy atom. The number of amides is 1. The number of anilines is 1. The van der Waals surface area contributed by atoms with E-state index in [4.69, 9.17) is 21.1 Å². The van der Waals surface area contributed by atoms with Crippen LogP contribution in [0.1, 0.15) is 36.7 Å². The minimum absolute atomic E-state index is 0.0468. The van der Waals surface area contributed by atoms with E-state index in [2.05, 4.69) is 10.0 Å². The van der Waals surface area contributed by atoms with E-state index in [1.807, 2.05) is 26.8 Å². The molecule has 0 aliphatic carbocycles. The molecule has 1 amide bonds. The molecule has 0 atom stereocenters. The zero-order valence-corrected chi connectivity index (χ0v) is 19.5. The Balaban J connectivity index is 2.12. The number of hydrogen-bond acceptors (Lipinski definition) is 6. The molecule has 168 valence electrons. The number of hydrogen-bond donors (Lipinski definition) is 2. The van der Waals surface area contributed by atoms with Crippen molar-refractivity contribution in [2.24, 2.45) is 0 Å². The van der Waals surface area contributed by atoms with Crippen molar-refractivity contribution in [2.75, 3.05) is 26.1 Å². The van der Waals surface area contributed by atoms with Gasteiger partial charge in [0.05, 0.1) is 23.4 Å². The van der Waals surface area contributed by atoms with E-state index in [9.17, 15) is 18.0 Å². The molecule has 0 saturated carbocycles. The molecule has 2 aromatic rings. The minimum atomic E-state index is -3.86. The summed E-state index contributed by atoms with van der Waals surface area (Å²) in [5.41, 5.74) is 1.24. The number of nitrogens with one attached hydrogen (secondary N) is 2. The zero-order valence-electron chi connectivity index (χ0n) is 17.9. The van der Waals surface area contributed by atoms with Crippen molar-refractivity contribution in [3.8, 4) is 5.75 Å². The van der Waals surface area contributed by atoms with Crippen molar-refractivity contribution in [3.63, 3.8) is 0 Å². The topological polar surface area (TPSA) is 111 Å². The number of benzene rings is 2. The van der Waals surface area contributed by atoms with Gasteiger partial charge in [-0.3, -0.25) is 4.79 Å². The van der Waals surface area contributed by atoms with Crippen LogP contribution in [0.15, 0.2) is 41.3 Å². The Kier molecular flexibility index (Phi) is 7.69. The SMILES string of the molecule is CNS(=O)(=O)c1cc(C(=O)OCC(=O)Nc2cc(C(C)(C)C)ccc2OC)ccc1Cl. The van der Waals surface area contributed by atoms with Gasteiger partial charge in [0.2, 0.25) is 10.0 Å². The second kappa shape index (κ2) is 9.67. The lowest BCUT2D eigenvalue weighted by molar-refractivity contribution is -0.119. The van der Waals surface area contributed by atoms with Gasteiger partial charge in [0.1, 0.15) is 10.6 Å². The molecule has 0 spiro atoms. The molecule has 0 aliphatic rings. The van der Waals surface area contributed by atoms with E-state index in [1.54, 1.807) is 12.1 Å². The molecule has 0 radical (unpaired) electrons. The number of carbonyl (C=O) groups excluding carboxylic acids is 2. The van der Waals surface area contributed by atoms with Crippen LogP contribution in [0.4, 0.5) is 5.69 Å². The molecule has 8 nitrogen and oxygen atoms in total. The van der Waals surface area contributed by atoms with Gasteiger partial charge >= 0.3 is 5.97 Å². The smallest absolute Gasteiger partial charge is 0.338 e. The number of sulfonamides is 1. The van der Waals surface area contributed by atoms with Gasteiger partial charge in [0, 0.05) is 0 Å². The van der Waals surface area contributed by atoms with Gasteiger partial charge < -0.3 is 14.8 Å². The van der Waals surface area contributed by atoms with E-state index in [0.29, 0.717) is 11.4 Å². The summed E-state index contributed by atoms with van der Waals surface area (Å²) in [6, 6.07) is 9.13. The highest BCUT2D eigenvalue weighted by atomic mass is 35.5. The van der Waals surface area contributed by atoms with Crippen molar-refractivity contribution in [1.82, 2.24) is 4.72 Å². The highest BCUT2D eigenvalue weighted by molar-refractivity contribution is 7.89. The normalized spacial score (nSPS) is 11.7. The van der Waals surface area contributed by atoms with Crippen LogP contribution >= 0.6 is 11.6 Å². The lowest BCUT2D eigenvalue weighted by Crippen LogP contribution is -2.22. The van der Waals surface area contributed by atoms with Crippen molar-refractivity contribution in [2.45, 2.75) is 31.1 Å². The molecule has 2 aromatic carbocycles. The van der Waals surface area contributed by atoms with E-state index in [-0.39, 0.29) is 20.9 Å². The van der Waals surface area contributed by atoms with Crippen molar-refractivity contribution in [3.05, 3.63) is 52.5 Å². The quantitative estimate of drug-likeness (QED) is 0.603. The Bertz CT molecular complexity index is 1090. The molecule has 0 heterocycles. The van der Waals surface area contributed by atoms with E-state index in [0.717, 1.165) is 11.6 Å². The van der Waals surface area contributed by atoms with Gasteiger partial charge in [0.25, 0.3) is 5.91 Å². The lowest BCUT2D eigenvalue weighted by Gasteiger charge is -2.21. The van der Waals surface area contributed by atoms with E-state index < -0.39 is 28.5 Å². The summed E-state index contributed by atoms with van der Waals surface area (Å²) in [7, 11) is -1.15. The van der Waals surface area contributed by atoms with Crippen molar-refractivity contribution in [1.29, 1.82) is 0 Å². The molecular formula is C21H25ClN2O6S. The first-order valence-corrected chi connectivity index (χ1v) is 11.1. The molecular weight excluding hydrogens is 444 g/mol. The molecule has 0 unspecified atom stereocenters. The molecule has 0 fully saturated rings. The summed E-state index contributed by atoms with van der Waals surface area (Å²) in [5.74, 6) is -0.975. The second-order valence-corrected chi connectivity index (χ2v) is 9.90. The standard InChI is InChI=1S/C21H25ClN2O6S/c1-21(2,3)14-7-9-17(29-5)16(11-14)24-19(25)12-30-20(26)13-6-8-15(22)18(10-13)31(27,28)23-4/h6-11,23H,12H2,1-5H3,(H,24,25). The van der Waals surface area contributed by atoms with Crippen LogP contribution in [0.5, 0.6) is 5.75 Å². The lowest BCUT2D eigenvalue weighted by atomic mass is 9.87. The second-order valence-electron chi connectivity index (χ2n) is 7.64. The van der Waals surface area contributed by atoms with Crippen molar-refractivity contribution >= 4 is 39.2 Å². The van der Waals surface area contributed by atoms with Gasteiger partial charge in [-0.05, 0) is 48.4 Å². The summed E-state index contributed by atoms with van der Waals surface area (Å²) in [6.07, 6.45) is 0. The third-order valence-electron chi connectivity index (χ3n) is 4.40. The molecule has 0 bridgehead atoms. The van der Waals surface area contributed by atoms with Crippen LogP contribution in [-0.4, -0.2) is 41.1 Å². The predicted octanol–water partition coefficient (Wildman–Crippen LogP) is 3.35. The van der Waals surface area contributed by atoms with Crippen LogP contribution in [-0.2, 0) is 25.0 Å². The Hall–Kier alpha value is -2.62. The largest absolute Gasteiger partial charge is 0.495 e. The average molecular weight is 469 g/mol. The summed E-state index contributed by atoms with van der Waals surface area (Å²) < 4.78 is 36.4. The van der Waals surface area contributed by atoms with Crippen LogP contribution < -0.4 is 14.8 Å². The van der Waals surface area contributed by atoms with Crippen LogP contribution in [0.2, 0.25) is 5.02 Å². The average Bonchev–Trinajstić information content (AvgIpc) is 2.71. The van der Waals surface area contributed by atoms with E-state index in [1.165, 1.54) is 26.3 Å². The van der Waals surface area contributed by atoms with Crippen molar-refractivity contribution < 1.29 is 27.5 Å². The fourth-order valence-electron chi connectivity index (χ4n) is 2.62. The molecule has 0 aromatic heterocycles. The Labute approximate surface area is 186 Å². The molecule has 31 heavy (non-hydrogen) atoms. The molecule has 10 heteroatoms. The van der Waals surface area contributed by atoms with Gasteiger partial charge in [-0.15, -0.1) is 0 Å². The summed E-state index contributed by atoms with van der Waals surface area (Å²) >= 11 is 5.91. The van der Waals surface area contributed by atoms with Gasteiger partial charge in [0.15, 0.2) is 6.61 Å². The van der Waals surface area contributed by atoms with Gasteiger partial charge in [-0.25, -0.2) is 17.9 Å². The number of ether oxygens (including phenoxy) is 2. The monoisotopic (exact) mass is 468 g/mol. The summed E-state index contributed by atoms with van der Waals surface area (Å²) in [5, 5.41) is 2.62. The van der Waals surface area contributed by atoms with Crippen LogP contribution in [0, 0.1) is 0 Å². The number of carbonyl (C=O) groups is 2. The van der Waals surface area contributed by atoms with Crippen LogP contribution in [0.3, 0.4) is 0 Å². The molecule has 0 saturated heterocycles. The molecule has 2 N–H and O–H groups in total.